The van der Waals surface area contributed by atoms with E-state index in [0.717, 1.165) is 16.6 Å². The van der Waals surface area contributed by atoms with Crippen LogP contribution in [0.25, 0.3) is 10.9 Å². The second-order valence-corrected chi connectivity index (χ2v) is 5.68. The van der Waals surface area contributed by atoms with Crippen LogP contribution in [0.5, 0.6) is 5.75 Å². The number of aromatic amines is 1. The Bertz CT molecular complexity index is 997. The predicted octanol–water partition coefficient (Wildman–Crippen LogP) is 3.15. The minimum absolute atomic E-state index is 0.272. The monoisotopic (exact) mass is 348 g/mol. The smallest absolute Gasteiger partial charge is 0.344 e. The highest BCUT2D eigenvalue weighted by Gasteiger charge is 2.17. The van der Waals surface area contributed by atoms with E-state index in [1.54, 1.807) is 24.3 Å². The number of fused-ring (bicyclic) bond motifs is 1. The van der Waals surface area contributed by atoms with Gasteiger partial charge in [0.15, 0.2) is 13.2 Å². The number of esters is 1. The highest BCUT2D eigenvalue weighted by Crippen LogP contribution is 2.22. The second kappa shape index (κ2) is 7.53. The first kappa shape index (κ1) is 17.2. The summed E-state index contributed by atoms with van der Waals surface area (Å²) < 4.78 is 10.3. The lowest BCUT2D eigenvalue weighted by molar-refractivity contribution is -0.144. The van der Waals surface area contributed by atoms with E-state index >= 15 is 0 Å². The van der Waals surface area contributed by atoms with Crippen molar-refractivity contribution in [2.75, 3.05) is 13.2 Å². The van der Waals surface area contributed by atoms with Gasteiger partial charge in [0.05, 0.1) is 11.6 Å². The molecule has 0 saturated carbocycles. The highest BCUT2D eigenvalue weighted by atomic mass is 16.6. The fourth-order valence-corrected chi connectivity index (χ4v) is 2.66. The van der Waals surface area contributed by atoms with Gasteiger partial charge in [-0.05, 0) is 37.3 Å². The summed E-state index contributed by atoms with van der Waals surface area (Å²) in [6.45, 7) is 1.15. The molecule has 3 rings (SSSR count). The van der Waals surface area contributed by atoms with Crippen molar-refractivity contribution in [1.29, 1.82) is 5.26 Å². The Labute approximate surface area is 150 Å². The minimum Gasteiger partial charge on any atom is -0.482 e. The van der Waals surface area contributed by atoms with Gasteiger partial charge in [-0.25, -0.2) is 4.79 Å². The molecule has 1 N–H and O–H groups in total. The number of ketones is 1. The third-order valence-corrected chi connectivity index (χ3v) is 3.88. The Hall–Kier alpha value is -3.59. The standard InChI is InChI=1S/C20H16N2O4/c1-13-20(16-4-2-3-5-17(16)22-13)18(23)11-26-19(24)12-25-15-8-6-14(10-21)7-9-15/h2-9,22H,11-12H2,1H3. The van der Waals surface area contributed by atoms with Gasteiger partial charge in [-0.2, -0.15) is 5.26 Å². The van der Waals surface area contributed by atoms with Crippen LogP contribution in [0.15, 0.2) is 48.5 Å². The Balaban J connectivity index is 1.56. The van der Waals surface area contributed by atoms with Crippen molar-refractivity contribution in [3.63, 3.8) is 0 Å². The number of ether oxygens (including phenoxy) is 2. The molecule has 26 heavy (non-hydrogen) atoms. The Morgan fingerprint density at radius 1 is 1.08 bits per heavy atom. The molecule has 130 valence electrons. The van der Waals surface area contributed by atoms with E-state index in [1.807, 2.05) is 37.3 Å². The van der Waals surface area contributed by atoms with Crippen molar-refractivity contribution >= 4 is 22.7 Å². The number of nitrogens with one attached hydrogen (secondary N) is 1. The highest BCUT2D eigenvalue weighted by molar-refractivity contribution is 6.10. The summed E-state index contributed by atoms with van der Waals surface area (Å²) >= 11 is 0. The number of Topliss-reactive ketones (excluding diaryl/α,β-unsaturated/α-hetero) is 1. The molecule has 0 fully saturated rings. The molecule has 0 radical (unpaired) electrons. The number of para-hydroxylation sites is 1. The number of nitrogens with zero attached hydrogens (tertiary/aromatic N) is 1. The molecular formula is C20H16N2O4. The van der Waals surface area contributed by atoms with Gasteiger partial charge in [-0.15, -0.1) is 0 Å². The Kier molecular flexibility index (Phi) is 4.99. The molecule has 0 aliphatic heterocycles. The quantitative estimate of drug-likeness (QED) is 0.546. The summed E-state index contributed by atoms with van der Waals surface area (Å²) in [6.07, 6.45) is 0. The largest absolute Gasteiger partial charge is 0.482 e. The molecule has 3 aromatic rings. The zero-order chi connectivity index (χ0) is 18.5. The fourth-order valence-electron chi connectivity index (χ4n) is 2.66. The van der Waals surface area contributed by atoms with Crippen LogP contribution in [-0.2, 0) is 9.53 Å². The number of carbonyl (C=O) groups excluding carboxylic acids is 2. The topological polar surface area (TPSA) is 92.2 Å². The van der Waals surface area contributed by atoms with Gasteiger partial charge in [-0.1, -0.05) is 18.2 Å². The molecule has 1 aromatic heterocycles. The third-order valence-electron chi connectivity index (χ3n) is 3.88. The molecule has 0 bridgehead atoms. The van der Waals surface area contributed by atoms with Crippen LogP contribution in [0.4, 0.5) is 0 Å². The number of benzene rings is 2. The van der Waals surface area contributed by atoms with Gasteiger partial charge in [0.25, 0.3) is 0 Å². The fraction of sp³-hybridized carbons (Fsp3) is 0.150. The molecule has 6 nitrogen and oxygen atoms in total. The molecule has 0 unspecified atom stereocenters. The van der Waals surface area contributed by atoms with Gasteiger partial charge >= 0.3 is 5.97 Å². The van der Waals surface area contributed by atoms with E-state index in [0.29, 0.717) is 16.9 Å². The van der Waals surface area contributed by atoms with Crippen molar-refractivity contribution in [3.05, 3.63) is 65.4 Å². The van der Waals surface area contributed by atoms with Crippen LogP contribution in [-0.4, -0.2) is 30.0 Å². The van der Waals surface area contributed by atoms with E-state index in [2.05, 4.69) is 4.98 Å². The van der Waals surface area contributed by atoms with Gasteiger partial charge in [-0.3, -0.25) is 4.79 Å². The molecular weight excluding hydrogens is 332 g/mol. The SMILES string of the molecule is Cc1[nH]c2ccccc2c1C(=O)COC(=O)COc1ccc(C#N)cc1. The summed E-state index contributed by atoms with van der Waals surface area (Å²) in [7, 11) is 0. The van der Waals surface area contributed by atoms with Gasteiger partial charge < -0.3 is 14.5 Å². The summed E-state index contributed by atoms with van der Waals surface area (Å²) in [4.78, 5) is 27.4. The lowest BCUT2D eigenvalue weighted by atomic mass is 10.1. The van der Waals surface area contributed by atoms with E-state index < -0.39 is 5.97 Å². The first-order valence-corrected chi connectivity index (χ1v) is 7.97. The van der Waals surface area contributed by atoms with Crippen LogP contribution in [0.1, 0.15) is 21.6 Å². The third kappa shape index (κ3) is 3.73. The molecule has 0 atom stereocenters. The molecule has 2 aromatic carbocycles. The molecule has 0 saturated heterocycles. The van der Waals surface area contributed by atoms with Crippen LogP contribution in [0.3, 0.4) is 0 Å². The lowest BCUT2D eigenvalue weighted by Gasteiger charge is -2.07. The van der Waals surface area contributed by atoms with E-state index in [4.69, 9.17) is 14.7 Å². The molecule has 1 heterocycles. The summed E-state index contributed by atoms with van der Waals surface area (Å²) in [5.74, 6) is -0.466. The number of hydrogen-bond acceptors (Lipinski definition) is 5. The number of nitriles is 1. The van der Waals surface area contributed by atoms with Crippen LogP contribution < -0.4 is 4.74 Å². The first-order chi connectivity index (χ1) is 12.6. The van der Waals surface area contributed by atoms with Crippen molar-refractivity contribution in [2.24, 2.45) is 0 Å². The van der Waals surface area contributed by atoms with E-state index in [9.17, 15) is 9.59 Å². The number of aryl methyl sites for hydroxylation is 1. The van der Waals surface area contributed by atoms with Gasteiger partial charge in [0, 0.05) is 22.2 Å². The molecule has 6 heteroatoms. The number of carbonyl (C=O) groups is 2. The van der Waals surface area contributed by atoms with Gasteiger partial charge in [0.2, 0.25) is 5.78 Å². The van der Waals surface area contributed by atoms with Crippen molar-refractivity contribution in [3.8, 4) is 11.8 Å². The van der Waals surface area contributed by atoms with E-state index in [1.165, 1.54) is 0 Å². The number of rotatable bonds is 6. The van der Waals surface area contributed by atoms with E-state index in [-0.39, 0.29) is 19.0 Å². The van der Waals surface area contributed by atoms with Gasteiger partial charge in [0.1, 0.15) is 5.75 Å². The maximum Gasteiger partial charge on any atom is 0.344 e. The zero-order valence-corrected chi connectivity index (χ0v) is 14.1. The maximum atomic E-state index is 12.4. The number of hydrogen-bond donors (Lipinski definition) is 1. The average molecular weight is 348 g/mol. The van der Waals surface area contributed by atoms with Crippen LogP contribution in [0.2, 0.25) is 0 Å². The minimum atomic E-state index is -0.639. The number of H-pyrrole nitrogens is 1. The summed E-state index contributed by atoms with van der Waals surface area (Å²) in [6, 6.07) is 15.8. The normalized spacial score (nSPS) is 10.3. The number of aromatic nitrogens is 1. The first-order valence-electron chi connectivity index (χ1n) is 7.97. The average Bonchev–Trinajstić information content (AvgIpc) is 3.00. The molecule has 0 aliphatic carbocycles. The van der Waals surface area contributed by atoms with Crippen molar-refractivity contribution < 1.29 is 19.1 Å². The lowest BCUT2D eigenvalue weighted by Crippen LogP contribution is -2.19. The van der Waals surface area contributed by atoms with Crippen LogP contribution >= 0.6 is 0 Å². The Morgan fingerprint density at radius 2 is 1.81 bits per heavy atom. The summed E-state index contributed by atoms with van der Waals surface area (Å²) in [5, 5.41) is 9.54. The van der Waals surface area contributed by atoms with Crippen LogP contribution in [0, 0.1) is 18.3 Å². The predicted molar refractivity (Wildman–Crippen MR) is 95.0 cm³/mol. The zero-order valence-electron chi connectivity index (χ0n) is 14.1. The summed E-state index contributed by atoms with van der Waals surface area (Å²) in [5.41, 5.74) is 2.63. The second-order valence-electron chi connectivity index (χ2n) is 5.68. The maximum absolute atomic E-state index is 12.4. The molecule has 0 spiro atoms. The van der Waals surface area contributed by atoms with Crippen molar-refractivity contribution in [1.82, 2.24) is 4.98 Å². The van der Waals surface area contributed by atoms with Crippen molar-refractivity contribution in [2.45, 2.75) is 6.92 Å². The Morgan fingerprint density at radius 3 is 2.54 bits per heavy atom. The molecule has 0 aliphatic rings. The molecule has 0 amide bonds.